The van der Waals surface area contributed by atoms with Crippen molar-refractivity contribution in [3.63, 3.8) is 0 Å². The second-order valence-corrected chi connectivity index (χ2v) is 8.30. The van der Waals surface area contributed by atoms with E-state index < -0.39 is 0 Å². The van der Waals surface area contributed by atoms with Crippen molar-refractivity contribution in [1.82, 2.24) is 14.5 Å². The molecule has 1 atom stereocenters. The number of nitrogens with one attached hydrogen (secondary N) is 1. The molecule has 0 fully saturated rings. The molecule has 0 bridgehead atoms. The molecule has 4 aromatic carbocycles. The smallest absolute Gasteiger partial charge is 0.124 e. The van der Waals surface area contributed by atoms with Crippen molar-refractivity contribution >= 4 is 49.4 Å². The molecule has 0 amide bonds. The Morgan fingerprint density at radius 2 is 0.969 bits per heavy atom. The van der Waals surface area contributed by atoms with Gasteiger partial charge in [0.2, 0.25) is 0 Å². The van der Waals surface area contributed by atoms with Crippen molar-refractivity contribution in [2.75, 3.05) is 0 Å². The van der Waals surface area contributed by atoms with Crippen LogP contribution in [0.25, 0.3) is 49.4 Å². The van der Waals surface area contributed by atoms with E-state index in [1.807, 2.05) is 0 Å². The van der Waals surface area contributed by atoms with Gasteiger partial charge in [0.25, 0.3) is 0 Å². The molecule has 6 aromatic rings. The topological polar surface area (TPSA) is 21.9 Å². The third-order valence-corrected chi connectivity index (χ3v) is 6.56. The van der Waals surface area contributed by atoms with Gasteiger partial charge in [-0.3, -0.25) is 4.57 Å². The van der Waals surface area contributed by atoms with E-state index in [1.165, 1.54) is 43.6 Å². The molecule has 3 heterocycles. The minimum atomic E-state index is 0.0136. The fraction of sp³-hybridized carbons (Fsp3) is 0.0345. The maximum absolute atomic E-state index is 3.83. The second-order valence-electron chi connectivity index (χ2n) is 8.30. The standard InChI is InChI=1S/C29H21N3/c1-5-14-24-20(10-1)21-11-2-6-15-25(21)31(24)28-18-9-19-29(30-28)32-26-16-7-3-12-22(26)23-13-4-8-17-27(23)32/h1-19,28,30H. The van der Waals surface area contributed by atoms with Crippen LogP contribution in [-0.4, -0.2) is 9.13 Å². The average molecular weight is 412 g/mol. The summed E-state index contributed by atoms with van der Waals surface area (Å²) in [5, 5.41) is 8.94. The van der Waals surface area contributed by atoms with E-state index in [9.17, 15) is 0 Å². The molecule has 0 spiro atoms. The van der Waals surface area contributed by atoms with E-state index >= 15 is 0 Å². The number of hydrogen-bond donors (Lipinski definition) is 1. The van der Waals surface area contributed by atoms with Gasteiger partial charge in [-0.25, -0.2) is 0 Å². The highest BCUT2D eigenvalue weighted by Crippen LogP contribution is 2.35. The molecule has 1 N–H and O–H groups in total. The SMILES string of the molecule is C1=CC(n2c3ccccc3c3ccccc32)NC(n2c3ccccc3c3ccccc32)=C1. The molecule has 2 aromatic heterocycles. The van der Waals surface area contributed by atoms with E-state index in [0.29, 0.717) is 0 Å². The average Bonchev–Trinajstić information content (AvgIpc) is 3.37. The quantitative estimate of drug-likeness (QED) is 0.324. The summed E-state index contributed by atoms with van der Waals surface area (Å²) in [6.07, 6.45) is 6.59. The third-order valence-electron chi connectivity index (χ3n) is 6.56. The third kappa shape index (κ3) is 2.36. The minimum absolute atomic E-state index is 0.0136. The number of nitrogens with zero attached hydrogens (tertiary/aromatic N) is 2. The molecule has 152 valence electrons. The molecular formula is C29H21N3. The van der Waals surface area contributed by atoms with E-state index in [1.54, 1.807) is 0 Å². The van der Waals surface area contributed by atoms with Crippen LogP contribution < -0.4 is 5.32 Å². The van der Waals surface area contributed by atoms with Crippen molar-refractivity contribution in [1.29, 1.82) is 0 Å². The predicted octanol–water partition coefficient (Wildman–Crippen LogP) is 7.06. The summed E-state index contributed by atoms with van der Waals surface area (Å²) in [6.45, 7) is 0. The summed E-state index contributed by atoms with van der Waals surface area (Å²) in [4.78, 5) is 0. The molecule has 32 heavy (non-hydrogen) atoms. The zero-order valence-electron chi connectivity index (χ0n) is 17.4. The summed E-state index contributed by atoms with van der Waals surface area (Å²) in [6, 6.07) is 34.6. The lowest BCUT2D eigenvalue weighted by atomic mass is 10.2. The highest BCUT2D eigenvalue weighted by molar-refractivity contribution is 6.10. The van der Waals surface area contributed by atoms with Gasteiger partial charge in [0.05, 0.1) is 22.1 Å². The summed E-state index contributed by atoms with van der Waals surface area (Å²) in [5.41, 5.74) is 4.89. The van der Waals surface area contributed by atoms with Crippen LogP contribution in [0.1, 0.15) is 6.17 Å². The Bertz CT molecular complexity index is 1600. The van der Waals surface area contributed by atoms with Crippen LogP contribution in [0.5, 0.6) is 0 Å². The first kappa shape index (κ1) is 17.4. The van der Waals surface area contributed by atoms with Crippen LogP contribution in [0.15, 0.2) is 115 Å². The van der Waals surface area contributed by atoms with Gasteiger partial charge < -0.3 is 9.88 Å². The normalized spacial score (nSPS) is 16.1. The van der Waals surface area contributed by atoms with Crippen molar-refractivity contribution in [2.24, 2.45) is 0 Å². The van der Waals surface area contributed by atoms with Crippen LogP contribution >= 0.6 is 0 Å². The highest BCUT2D eigenvalue weighted by atomic mass is 15.3. The van der Waals surface area contributed by atoms with E-state index in [4.69, 9.17) is 0 Å². The number of para-hydroxylation sites is 4. The zero-order valence-corrected chi connectivity index (χ0v) is 17.4. The van der Waals surface area contributed by atoms with Crippen LogP contribution in [0, 0.1) is 0 Å². The van der Waals surface area contributed by atoms with E-state index in [-0.39, 0.29) is 6.17 Å². The van der Waals surface area contributed by atoms with Crippen molar-refractivity contribution in [3.05, 3.63) is 115 Å². The van der Waals surface area contributed by atoms with Gasteiger partial charge >= 0.3 is 0 Å². The first-order chi connectivity index (χ1) is 15.9. The number of rotatable bonds is 2. The largest absolute Gasteiger partial charge is 0.347 e. The van der Waals surface area contributed by atoms with Gasteiger partial charge in [-0.15, -0.1) is 0 Å². The number of aromatic nitrogens is 2. The summed E-state index contributed by atoms with van der Waals surface area (Å²) in [5.74, 6) is 1.08. The molecule has 1 aliphatic heterocycles. The maximum atomic E-state index is 3.83. The molecule has 0 saturated carbocycles. The fourth-order valence-electron chi connectivity index (χ4n) is 5.22. The van der Waals surface area contributed by atoms with Crippen LogP contribution in [0.3, 0.4) is 0 Å². The number of hydrogen-bond acceptors (Lipinski definition) is 1. The summed E-state index contributed by atoms with van der Waals surface area (Å²) in [7, 11) is 0. The molecule has 3 heteroatoms. The molecule has 0 aliphatic carbocycles. The lowest BCUT2D eigenvalue weighted by Crippen LogP contribution is -2.28. The molecule has 7 rings (SSSR count). The molecule has 1 unspecified atom stereocenters. The van der Waals surface area contributed by atoms with E-state index in [0.717, 1.165) is 5.82 Å². The number of benzene rings is 4. The van der Waals surface area contributed by atoms with Crippen molar-refractivity contribution in [3.8, 4) is 0 Å². The van der Waals surface area contributed by atoms with Crippen LogP contribution in [0.2, 0.25) is 0 Å². The zero-order chi connectivity index (χ0) is 21.1. The monoisotopic (exact) mass is 411 g/mol. The molecule has 0 saturated heterocycles. The Labute approximate surface area is 185 Å². The lowest BCUT2D eigenvalue weighted by molar-refractivity contribution is 0.577. The molecule has 1 aliphatic rings. The first-order valence-electron chi connectivity index (χ1n) is 11.0. The molecular weight excluding hydrogens is 390 g/mol. The van der Waals surface area contributed by atoms with Gasteiger partial charge in [-0.2, -0.15) is 0 Å². The minimum Gasteiger partial charge on any atom is -0.347 e. The summed E-state index contributed by atoms with van der Waals surface area (Å²) < 4.78 is 4.75. The first-order valence-corrected chi connectivity index (χ1v) is 11.0. The van der Waals surface area contributed by atoms with Gasteiger partial charge in [-0.1, -0.05) is 78.9 Å². The Kier molecular flexibility index (Phi) is 3.61. The van der Waals surface area contributed by atoms with Gasteiger partial charge in [0.1, 0.15) is 12.0 Å². The Morgan fingerprint density at radius 3 is 1.50 bits per heavy atom. The van der Waals surface area contributed by atoms with Gasteiger partial charge in [0, 0.05) is 21.5 Å². The predicted molar refractivity (Wildman–Crippen MR) is 134 cm³/mol. The Hall–Kier alpha value is -4.24. The van der Waals surface area contributed by atoms with E-state index in [2.05, 4.69) is 130 Å². The molecule has 0 radical (unpaired) electrons. The van der Waals surface area contributed by atoms with Gasteiger partial charge in [-0.05, 0) is 36.4 Å². The fourth-order valence-corrected chi connectivity index (χ4v) is 5.22. The van der Waals surface area contributed by atoms with Crippen LogP contribution in [0.4, 0.5) is 0 Å². The lowest BCUT2D eigenvalue weighted by Gasteiger charge is -2.26. The number of fused-ring (bicyclic) bond motifs is 6. The van der Waals surface area contributed by atoms with Crippen LogP contribution in [-0.2, 0) is 0 Å². The second kappa shape index (κ2) is 6.63. The Morgan fingerprint density at radius 1 is 0.531 bits per heavy atom. The summed E-state index contributed by atoms with van der Waals surface area (Å²) >= 11 is 0. The number of allylic oxidation sites excluding steroid dienone is 2. The maximum Gasteiger partial charge on any atom is 0.124 e. The highest BCUT2D eigenvalue weighted by Gasteiger charge is 2.21. The van der Waals surface area contributed by atoms with Crippen molar-refractivity contribution < 1.29 is 0 Å². The number of dihydropyridines is 1. The Balaban J connectivity index is 1.43. The van der Waals surface area contributed by atoms with Crippen molar-refractivity contribution in [2.45, 2.75) is 6.17 Å². The van der Waals surface area contributed by atoms with Gasteiger partial charge in [0.15, 0.2) is 0 Å². The molecule has 3 nitrogen and oxygen atoms in total.